The van der Waals surface area contributed by atoms with Gasteiger partial charge in [0.25, 0.3) is 0 Å². The van der Waals surface area contributed by atoms with Crippen LogP contribution >= 0.6 is 0 Å². The van der Waals surface area contributed by atoms with Crippen LogP contribution in [0.2, 0.25) is 0 Å². The minimum atomic E-state index is -0.741. The number of pyridine rings is 1. The Kier molecular flexibility index (Phi) is 6.71. The molecule has 2 atom stereocenters. The van der Waals surface area contributed by atoms with Gasteiger partial charge in [0.05, 0.1) is 37.7 Å². The van der Waals surface area contributed by atoms with Gasteiger partial charge in [0, 0.05) is 5.92 Å². The van der Waals surface area contributed by atoms with Gasteiger partial charge in [-0.3, -0.25) is 9.78 Å². The molecule has 174 valence electrons. The monoisotopic (exact) mass is 453 g/mol. The van der Waals surface area contributed by atoms with Crippen LogP contribution in [0.3, 0.4) is 0 Å². The van der Waals surface area contributed by atoms with Crippen LogP contribution < -0.4 is 14.8 Å². The van der Waals surface area contributed by atoms with E-state index in [4.69, 9.17) is 14.0 Å². The number of aliphatic carboxylic acids is 1. The minimum Gasteiger partial charge on any atom is -0.491 e. The molecule has 0 spiro atoms. The molecular weight excluding hydrogens is 426 g/mol. The molecule has 0 aliphatic heterocycles. The highest BCUT2D eigenvalue weighted by molar-refractivity contribution is 5.76. The molecule has 2 unspecified atom stereocenters. The van der Waals surface area contributed by atoms with Crippen molar-refractivity contribution in [3.05, 3.63) is 35.9 Å². The molecule has 10 heteroatoms. The summed E-state index contributed by atoms with van der Waals surface area (Å²) in [4.78, 5) is 24.6. The van der Waals surface area contributed by atoms with Crippen molar-refractivity contribution in [2.75, 3.05) is 19.0 Å². The van der Waals surface area contributed by atoms with Gasteiger partial charge in [-0.15, -0.1) is 0 Å². The molecule has 0 aromatic carbocycles. The molecule has 1 fully saturated rings. The van der Waals surface area contributed by atoms with Crippen molar-refractivity contribution in [2.45, 2.75) is 39.5 Å². The Morgan fingerprint density at radius 3 is 2.76 bits per heavy atom. The summed E-state index contributed by atoms with van der Waals surface area (Å²) in [5.74, 6) is 0.870. The van der Waals surface area contributed by atoms with Gasteiger partial charge in [-0.05, 0) is 38.8 Å². The Morgan fingerprint density at radius 1 is 1.18 bits per heavy atom. The van der Waals surface area contributed by atoms with Crippen LogP contribution in [0.15, 0.2) is 29.0 Å². The largest absolute Gasteiger partial charge is 0.491 e. The average molecular weight is 453 g/mol. The van der Waals surface area contributed by atoms with Gasteiger partial charge in [0.2, 0.25) is 11.6 Å². The van der Waals surface area contributed by atoms with E-state index in [1.165, 1.54) is 13.3 Å². The molecule has 2 N–H and O–H groups in total. The fourth-order valence-electron chi connectivity index (χ4n) is 4.08. The Bertz CT molecular complexity index is 1130. The lowest BCUT2D eigenvalue weighted by Crippen LogP contribution is -2.31. The Labute approximate surface area is 191 Å². The molecule has 1 saturated carbocycles. The second-order valence-electron chi connectivity index (χ2n) is 8.12. The Balaban J connectivity index is 1.51. The zero-order valence-electron chi connectivity index (χ0n) is 18.9. The summed E-state index contributed by atoms with van der Waals surface area (Å²) in [5.41, 5.74) is 2.53. The minimum absolute atomic E-state index is 0.00651. The summed E-state index contributed by atoms with van der Waals surface area (Å²) in [5, 5.41) is 16.7. The zero-order chi connectivity index (χ0) is 23.4. The molecule has 33 heavy (non-hydrogen) atoms. The number of nitrogens with one attached hydrogen (secondary N) is 1. The molecular formula is C23H27N5O5. The number of methoxy groups -OCH3 is 1. The number of aryl methyl sites for hydroxylation is 2. The molecule has 4 rings (SSSR count). The number of rotatable bonds is 8. The maximum atomic E-state index is 11.5. The van der Waals surface area contributed by atoms with Gasteiger partial charge in [-0.25, -0.2) is 4.98 Å². The van der Waals surface area contributed by atoms with E-state index in [9.17, 15) is 9.90 Å². The van der Waals surface area contributed by atoms with E-state index >= 15 is 0 Å². The first-order valence-corrected chi connectivity index (χ1v) is 10.9. The SMILES string of the molecule is COc1cncc(Nc2c(C)noc2-c2ccc(OCC3CCCCC3C(=O)O)c(C)n2)n1. The lowest BCUT2D eigenvalue weighted by Gasteiger charge is -2.28. The highest BCUT2D eigenvalue weighted by atomic mass is 16.5. The third-order valence-electron chi connectivity index (χ3n) is 5.89. The third-order valence-corrected chi connectivity index (χ3v) is 5.89. The molecule has 10 nitrogen and oxygen atoms in total. The van der Waals surface area contributed by atoms with Crippen LogP contribution in [-0.2, 0) is 4.79 Å². The van der Waals surface area contributed by atoms with Crippen molar-refractivity contribution in [3.63, 3.8) is 0 Å². The highest BCUT2D eigenvalue weighted by Crippen LogP contribution is 2.34. The van der Waals surface area contributed by atoms with Crippen LogP contribution in [0.4, 0.5) is 11.5 Å². The molecule has 0 amide bonds. The van der Waals surface area contributed by atoms with Crippen molar-refractivity contribution in [3.8, 4) is 23.1 Å². The van der Waals surface area contributed by atoms with Gasteiger partial charge in [-0.2, -0.15) is 4.98 Å². The first-order valence-electron chi connectivity index (χ1n) is 10.9. The topological polar surface area (TPSA) is 132 Å². The smallest absolute Gasteiger partial charge is 0.306 e. The van der Waals surface area contributed by atoms with E-state index in [0.29, 0.717) is 59.0 Å². The van der Waals surface area contributed by atoms with E-state index in [1.807, 2.05) is 19.9 Å². The average Bonchev–Trinajstić information content (AvgIpc) is 3.18. The maximum absolute atomic E-state index is 11.5. The molecule has 1 aliphatic carbocycles. The van der Waals surface area contributed by atoms with E-state index in [0.717, 1.165) is 19.3 Å². The fourth-order valence-corrected chi connectivity index (χ4v) is 4.08. The summed E-state index contributed by atoms with van der Waals surface area (Å²) < 4.78 is 16.6. The molecule has 0 bridgehead atoms. The van der Waals surface area contributed by atoms with Gasteiger partial charge < -0.3 is 24.4 Å². The Morgan fingerprint density at radius 2 is 2.00 bits per heavy atom. The fraction of sp³-hybridized carbons (Fsp3) is 0.435. The maximum Gasteiger partial charge on any atom is 0.306 e. The number of anilines is 2. The molecule has 1 aliphatic rings. The van der Waals surface area contributed by atoms with Crippen LogP contribution in [0.1, 0.15) is 37.1 Å². The van der Waals surface area contributed by atoms with Crippen molar-refractivity contribution in [1.29, 1.82) is 0 Å². The number of hydrogen-bond acceptors (Lipinski definition) is 9. The standard InChI is InChI=1S/C23H27N5O5/c1-13-18(32-12-15-6-4-5-7-16(15)23(29)30)9-8-17(25-13)22-21(14(2)28-33-22)27-19-10-24-11-20(26-19)31-3/h8-11,15-16H,4-7,12H2,1-3H3,(H,26,27)(H,29,30). The van der Waals surface area contributed by atoms with Crippen LogP contribution in [0.5, 0.6) is 11.6 Å². The first-order chi connectivity index (χ1) is 16.0. The zero-order valence-corrected chi connectivity index (χ0v) is 18.9. The van der Waals surface area contributed by atoms with Crippen LogP contribution in [0.25, 0.3) is 11.5 Å². The number of ether oxygens (including phenoxy) is 2. The van der Waals surface area contributed by atoms with Gasteiger partial charge in [0.15, 0.2) is 5.82 Å². The highest BCUT2D eigenvalue weighted by Gasteiger charge is 2.31. The van der Waals surface area contributed by atoms with E-state index in [1.54, 1.807) is 12.3 Å². The normalized spacial score (nSPS) is 18.0. The molecule has 0 radical (unpaired) electrons. The number of aromatic nitrogens is 4. The molecule has 3 aromatic heterocycles. The quantitative estimate of drug-likeness (QED) is 0.512. The molecule has 3 heterocycles. The first kappa shape index (κ1) is 22.5. The van der Waals surface area contributed by atoms with Crippen LogP contribution in [0, 0.1) is 25.7 Å². The summed E-state index contributed by atoms with van der Waals surface area (Å²) in [6.45, 7) is 4.02. The second kappa shape index (κ2) is 9.85. The van der Waals surface area contributed by atoms with E-state index < -0.39 is 5.97 Å². The van der Waals surface area contributed by atoms with E-state index in [2.05, 4.69) is 25.4 Å². The Hall–Kier alpha value is -3.69. The van der Waals surface area contributed by atoms with Crippen molar-refractivity contribution in [2.24, 2.45) is 11.8 Å². The van der Waals surface area contributed by atoms with Crippen molar-refractivity contribution < 1.29 is 23.9 Å². The van der Waals surface area contributed by atoms with Gasteiger partial charge in [0.1, 0.15) is 22.8 Å². The second-order valence-corrected chi connectivity index (χ2v) is 8.12. The predicted octanol–water partition coefficient (Wildman–Crippen LogP) is 4.17. The summed E-state index contributed by atoms with van der Waals surface area (Å²) in [6, 6.07) is 3.61. The summed E-state index contributed by atoms with van der Waals surface area (Å²) in [6.07, 6.45) is 6.65. The lowest BCUT2D eigenvalue weighted by atomic mass is 9.80. The number of hydrogen-bond donors (Lipinski definition) is 2. The number of carbonyl (C=O) groups is 1. The van der Waals surface area contributed by atoms with Crippen molar-refractivity contribution >= 4 is 17.5 Å². The summed E-state index contributed by atoms with van der Waals surface area (Å²) >= 11 is 0. The van der Waals surface area contributed by atoms with Gasteiger partial charge >= 0.3 is 5.97 Å². The predicted molar refractivity (Wildman–Crippen MR) is 120 cm³/mol. The number of carboxylic acid groups (broad SMARTS) is 1. The third kappa shape index (κ3) is 5.05. The van der Waals surface area contributed by atoms with E-state index in [-0.39, 0.29) is 11.8 Å². The lowest BCUT2D eigenvalue weighted by molar-refractivity contribution is -0.145. The molecule has 3 aromatic rings. The van der Waals surface area contributed by atoms with Crippen molar-refractivity contribution in [1.82, 2.24) is 20.1 Å². The van der Waals surface area contributed by atoms with Crippen LogP contribution in [-0.4, -0.2) is 44.9 Å². The van der Waals surface area contributed by atoms with Gasteiger partial charge in [-0.1, -0.05) is 18.0 Å². The molecule has 0 saturated heterocycles. The summed E-state index contributed by atoms with van der Waals surface area (Å²) in [7, 11) is 1.52. The number of carboxylic acids is 1. The number of nitrogens with zero attached hydrogens (tertiary/aromatic N) is 4.